The first-order chi connectivity index (χ1) is 6.81. The Kier molecular flexibility index (Phi) is 1.85. The minimum Gasteiger partial charge on any atom is -0.372 e. The SMILES string of the molecule is Cn1cc2c(n1)CCN(CC1CO1)C2. The van der Waals surface area contributed by atoms with Gasteiger partial charge < -0.3 is 4.74 Å². The molecule has 76 valence electrons. The van der Waals surface area contributed by atoms with Crippen LogP contribution in [0.1, 0.15) is 11.3 Å². The molecule has 4 nitrogen and oxygen atoms in total. The molecule has 0 N–H and O–H groups in total. The molecule has 3 heterocycles. The van der Waals surface area contributed by atoms with E-state index in [1.54, 1.807) is 0 Å². The maximum absolute atomic E-state index is 5.24. The van der Waals surface area contributed by atoms with Gasteiger partial charge >= 0.3 is 0 Å². The van der Waals surface area contributed by atoms with Crippen molar-refractivity contribution in [3.63, 3.8) is 0 Å². The van der Waals surface area contributed by atoms with Crippen molar-refractivity contribution in [1.82, 2.24) is 14.7 Å². The molecule has 0 radical (unpaired) electrons. The third-order valence-electron chi connectivity index (χ3n) is 2.91. The van der Waals surface area contributed by atoms with Crippen molar-refractivity contribution in [2.75, 3.05) is 19.7 Å². The van der Waals surface area contributed by atoms with Gasteiger partial charge in [-0.1, -0.05) is 0 Å². The van der Waals surface area contributed by atoms with Crippen LogP contribution in [-0.2, 0) is 24.8 Å². The molecule has 0 aromatic carbocycles. The summed E-state index contributed by atoms with van der Waals surface area (Å²) >= 11 is 0. The fraction of sp³-hybridized carbons (Fsp3) is 0.700. The summed E-state index contributed by atoms with van der Waals surface area (Å²) < 4.78 is 7.16. The van der Waals surface area contributed by atoms with E-state index in [4.69, 9.17) is 4.74 Å². The van der Waals surface area contributed by atoms with Crippen molar-refractivity contribution >= 4 is 0 Å². The van der Waals surface area contributed by atoms with Gasteiger partial charge in [0.1, 0.15) is 0 Å². The Morgan fingerprint density at radius 3 is 3.29 bits per heavy atom. The number of aromatic nitrogens is 2. The van der Waals surface area contributed by atoms with Crippen LogP contribution >= 0.6 is 0 Å². The van der Waals surface area contributed by atoms with E-state index in [0.717, 1.165) is 32.7 Å². The quantitative estimate of drug-likeness (QED) is 0.628. The number of hydrogen-bond acceptors (Lipinski definition) is 3. The predicted molar refractivity (Wildman–Crippen MR) is 51.9 cm³/mol. The first-order valence-corrected chi connectivity index (χ1v) is 5.16. The van der Waals surface area contributed by atoms with E-state index in [0.29, 0.717) is 6.10 Å². The van der Waals surface area contributed by atoms with Gasteiger partial charge in [-0.05, 0) is 0 Å². The lowest BCUT2D eigenvalue weighted by molar-refractivity contribution is 0.225. The Hall–Kier alpha value is -0.870. The minimum absolute atomic E-state index is 0.508. The van der Waals surface area contributed by atoms with Gasteiger partial charge in [-0.3, -0.25) is 9.58 Å². The van der Waals surface area contributed by atoms with E-state index in [1.807, 2.05) is 11.7 Å². The van der Waals surface area contributed by atoms with Crippen molar-refractivity contribution in [2.45, 2.75) is 19.1 Å². The van der Waals surface area contributed by atoms with Crippen molar-refractivity contribution in [3.05, 3.63) is 17.5 Å². The second-order valence-electron chi connectivity index (χ2n) is 4.22. The van der Waals surface area contributed by atoms with Crippen LogP contribution in [0.4, 0.5) is 0 Å². The predicted octanol–water partition coefficient (Wildman–Crippen LogP) is 0.177. The summed E-state index contributed by atoms with van der Waals surface area (Å²) in [7, 11) is 1.99. The monoisotopic (exact) mass is 193 g/mol. The topological polar surface area (TPSA) is 33.6 Å². The number of rotatable bonds is 2. The molecule has 0 amide bonds. The molecule has 1 aromatic heterocycles. The fourth-order valence-electron chi connectivity index (χ4n) is 2.13. The smallest absolute Gasteiger partial charge is 0.0936 e. The number of fused-ring (bicyclic) bond motifs is 1. The van der Waals surface area contributed by atoms with Crippen LogP contribution in [0.5, 0.6) is 0 Å². The highest BCUT2D eigenvalue weighted by Crippen LogP contribution is 2.19. The maximum Gasteiger partial charge on any atom is 0.0936 e. The van der Waals surface area contributed by atoms with E-state index in [2.05, 4.69) is 16.2 Å². The zero-order chi connectivity index (χ0) is 9.54. The first kappa shape index (κ1) is 8.44. The van der Waals surface area contributed by atoms with Gasteiger partial charge in [-0.15, -0.1) is 0 Å². The van der Waals surface area contributed by atoms with Crippen LogP contribution in [0.3, 0.4) is 0 Å². The zero-order valence-corrected chi connectivity index (χ0v) is 8.44. The molecule has 0 spiro atoms. The number of epoxide rings is 1. The summed E-state index contributed by atoms with van der Waals surface area (Å²) in [6, 6.07) is 0. The Morgan fingerprint density at radius 2 is 2.50 bits per heavy atom. The largest absolute Gasteiger partial charge is 0.372 e. The molecule has 4 heteroatoms. The standard InChI is InChI=1S/C10H15N3O/c1-12-4-8-5-13(6-9-7-14-9)3-2-10(8)11-12/h4,9H,2-3,5-7H2,1H3. The van der Waals surface area contributed by atoms with Crippen molar-refractivity contribution < 1.29 is 4.74 Å². The van der Waals surface area contributed by atoms with Crippen LogP contribution in [0.2, 0.25) is 0 Å². The molecular weight excluding hydrogens is 178 g/mol. The Balaban J connectivity index is 1.71. The molecule has 2 aliphatic rings. The van der Waals surface area contributed by atoms with Crippen molar-refractivity contribution in [1.29, 1.82) is 0 Å². The number of aryl methyl sites for hydroxylation is 1. The average molecular weight is 193 g/mol. The highest BCUT2D eigenvalue weighted by molar-refractivity contribution is 5.19. The lowest BCUT2D eigenvalue weighted by atomic mass is 10.1. The Morgan fingerprint density at radius 1 is 1.64 bits per heavy atom. The lowest BCUT2D eigenvalue weighted by Gasteiger charge is -2.24. The van der Waals surface area contributed by atoms with Gasteiger partial charge in [0, 0.05) is 44.9 Å². The second-order valence-corrected chi connectivity index (χ2v) is 4.22. The van der Waals surface area contributed by atoms with Crippen molar-refractivity contribution in [3.8, 4) is 0 Å². The van der Waals surface area contributed by atoms with Gasteiger partial charge in [0.15, 0.2) is 0 Å². The fourth-order valence-corrected chi connectivity index (χ4v) is 2.13. The van der Waals surface area contributed by atoms with E-state index in [9.17, 15) is 0 Å². The molecule has 2 aliphatic heterocycles. The molecule has 0 bridgehead atoms. The van der Waals surface area contributed by atoms with Gasteiger partial charge in [0.05, 0.1) is 18.4 Å². The summed E-state index contributed by atoms with van der Waals surface area (Å²) in [5.74, 6) is 0. The van der Waals surface area contributed by atoms with Crippen molar-refractivity contribution in [2.24, 2.45) is 7.05 Å². The maximum atomic E-state index is 5.24. The average Bonchev–Trinajstić information content (AvgIpc) is 2.86. The summed E-state index contributed by atoms with van der Waals surface area (Å²) in [6.07, 6.45) is 3.73. The zero-order valence-electron chi connectivity index (χ0n) is 8.44. The van der Waals surface area contributed by atoms with Crippen LogP contribution in [0.25, 0.3) is 0 Å². The third-order valence-corrected chi connectivity index (χ3v) is 2.91. The Labute approximate surface area is 83.5 Å². The summed E-state index contributed by atoms with van der Waals surface area (Å²) in [5.41, 5.74) is 2.67. The van der Waals surface area contributed by atoms with Crippen LogP contribution < -0.4 is 0 Å². The molecule has 1 unspecified atom stereocenters. The first-order valence-electron chi connectivity index (χ1n) is 5.16. The number of ether oxygens (including phenoxy) is 1. The molecule has 1 atom stereocenters. The summed E-state index contributed by atoms with van der Waals surface area (Å²) in [4.78, 5) is 2.46. The van der Waals surface area contributed by atoms with E-state index < -0.39 is 0 Å². The Bertz CT molecular complexity index is 343. The molecule has 0 aliphatic carbocycles. The normalized spacial score (nSPS) is 26.2. The molecule has 1 fully saturated rings. The van der Waals surface area contributed by atoms with E-state index in [-0.39, 0.29) is 0 Å². The number of nitrogens with zero attached hydrogens (tertiary/aromatic N) is 3. The molecule has 14 heavy (non-hydrogen) atoms. The minimum atomic E-state index is 0.508. The van der Waals surface area contributed by atoms with Crippen LogP contribution in [0, 0.1) is 0 Å². The molecular formula is C10H15N3O. The van der Waals surface area contributed by atoms with Gasteiger partial charge in [-0.25, -0.2) is 0 Å². The second kappa shape index (κ2) is 3.07. The van der Waals surface area contributed by atoms with Gasteiger partial charge in [0.25, 0.3) is 0 Å². The summed E-state index contributed by atoms with van der Waals surface area (Å²) in [6.45, 7) is 4.22. The highest BCUT2D eigenvalue weighted by Gasteiger charge is 2.27. The summed E-state index contributed by atoms with van der Waals surface area (Å²) in [5, 5.41) is 4.44. The molecule has 1 aromatic rings. The lowest BCUT2D eigenvalue weighted by Crippen LogP contribution is -2.33. The van der Waals surface area contributed by atoms with E-state index in [1.165, 1.54) is 11.3 Å². The number of hydrogen-bond donors (Lipinski definition) is 0. The molecule has 3 rings (SSSR count). The molecule has 0 saturated carbocycles. The van der Waals surface area contributed by atoms with Gasteiger partial charge in [-0.2, -0.15) is 5.10 Å². The molecule has 1 saturated heterocycles. The highest BCUT2D eigenvalue weighted by atomic mass is 16.6. The van der Waals surface area contributed by atoms with Crippen LogP contribution in [-0.4, -0.2) is 40.5 Å². The third kappa shape index (κ3) is 1.55. The van der Waals surface area contributed by atoms with E-state index >= 15 is 0 Å². The van der Waals surface area contributed by atoms with Crippen LogP contribution in [0.15, 0.2) is 6.20 Å². The van der Waals surface area contributed by atoms with Gasteiger partial charge in [0.2, 0.25) is 0 Å².